The van der Waals surface area contributed by atoms with Gasteiger partial charge in [0.15, 0.2) is 0 Å². The van der Waals surface area contributed by atoms with E-state index in [1.54, 1.807) is 0 Å². The number of benzene rings is 4. The average Bonchev–Trinajstić information content (AvgIpc) is 2.86. The van der Waals surface area contributed by atoms with Crippen LogP contribution < -0.4 is 0 Å². The average molecular weight is 436 g/mol. The fourth-order valence-corrected chi connectivity index (χ4v) is 4.32. The van der Waals surface area contributed by atoms with Crippen LogP contribution in [0, 0.1) is 0 Å². The quantitative estimate of drug-likeness (QED) is 0.271. The molecule has 4 aromatic rings. The first-order valence-corrected chi connectivity index (χ1v) is 12.0. The van der Waals surface area contributed by atoms with E-state index in [1.807, 2.05) is 26.0 Å². The molecule has 0 aliphatic carbocycles. The van der Waals surface area contributed by atoms with E-state index in [-0.39, 0.29) is 0 Å². The number of rotatable bonds is 8. The Bertz CT molecular complexity index is 846. The molecule has 0 amide bonds. The molecule has 4 rings (SSSR count). The van der Waals surface area contributed by atoms with Crippen molar-refractivity contribution in [1.29, 1.82) is 0 Å². The summed E-state index contributed by atoms with van der Waals surface area (Å²) >= 11 is 0. The van der Waals surface area contributed by atoms with E-state index in [0.29, 0.717) is 11.8 Å². The van der Waals surface area contributed by atoms with Crippen LogP contribution >= 0.6 is 0 Å². The predicted octanol–water partition coefficient (Wildman–Crippen LogP) is 8.00. The summed E-state index contributed by atoms with van der Waals surface area (Å²) in [6.07, 6.45) is 3.50. The Kier molecular flexibility index (Phi) is 9.94. The van der Waals surface area contributed by atoms with Gasteiger partial charge in [-0.25, -0.2) is 0 Å². The zero-order valence-corrected chi connectivity index (χ0v) is 20.3. The number of hydrogen-bond acceptors (Lipinski definition) is 1. The Balaban J connectivity index is 0.000000709. The number of nitrogens with zero attached hydrogens (tertiary/aromatic N) is 1. The lowest BCUT2D eigenvalue weighted by atomic mass is 9.83. The molecule has 0 spiro atoms. The van der Waals surface area contributed by atoms with Crippen molar-refractivity contribution in [2.45, 2.75) is 31.1 Å². The molecule has 0 fully saturated rings. The van der Waals surface area contributed by atoms with E-state index in [9.17, 15) is 0 Å². The Morgan fingerprint density at radius 1 is 0.424 bits per heavy atom. The zero-order valence-electron chi connectivity index (χ0n) is 20.3. The molecule has 0 saturated heterocycles. The molecule has 0 heterocycles. The van der Waals surface area contributed by atoms with Gasteiger partial charge in [-0.15, -0.1) is 0 Å². The molecule has 0 bridgehead atoms. The summed E-state index contributed by atoms with van der Waals surface area (Å²) in [6.45, 7) is 0. The minimum atomic E-state index is 0.449. The van der Waals surface area contributed by atoms with Crippen LogP contribution in [-0.2, 0) is 0 Å². The zero-order chi connectivity index (χ0) is 23.3. The van der Waals surface area contributed by atoms with Crippen LogP contribution in [0.5, 0.6) is 0 Å². The lowest BCUT2D eigenvalue weighted by Gasteiger charge is -2.22. The first kappa shape index (κ1) is 24.5. The summed E-state index contributed by atoms with van der Waals surface area (Å²) in [4.78, 5) is 2.00. The third-order valence-corrected chi connectivity index (χ3v) is 5.79. The van der Waals surface area contributed by atoms with Gasteiger partial charge in [0.05, 0.1) is 0 Å². The van der Waals surface area contributed by atoms with Gasteiger partial charge < -0.3 is 4.90 Å². The normalized spacial score (nSPS) is 10.8. The van der Waals surface area contributed by atoms with Crippen molar-refractivity contribution < 1.29 is 0 Å². The van der Waals surface area contributed by atoms with E-state index < -0.39 is 0 Å². The Morgan fingerprint density at radius 3 is 0.848 bits per heavy atom. The SMILES string of the molecule is CN(C)C.c1ccc(C(CCCC(c2ccccc2)c2ccccc2)c2ccccc2)cc1. The molecular formula is C32H37N. The van der Waals surface area contributed by atoms with Crippen LogP contribution in [0.3, 0.4) is 0 Å². The number of hydrogen-bond donors (Lipinski definition) is 0. The topological polar surface area (TPSA) is 3.24 Å². The molecule has 0 atom stereocenters. The third-order valence-electron chi connectivity index (χ3n) is 5.79. The standard InChI is InChI=1S/C29H28.C3H9N/c1-5-14-24(15-6-1)28(25-16-7-2-8-17-25)22-13-23-29(26-18-9-3-10-19-26)27-20-11-4-12-21-27;1-4(2)3/h1-12,14-21,28-29H,13,22-23H2;1-3H3. The van der Waals surface area contributed by atoms with Gasteiger partial charge in [0.25, 0.3) is 0 Å². The lowest BCUT2D eigenvalue weighted by Crippen LogP contribution is -2.05. The fourth-order valence-electron chi connectivity index (χ4n) is 4.32. The molecule has 0 aliphatic rings. The highest BCUT2D eigenvalue weighted by Gasteiger charge is 2.17. The highest BCUT2D eigenvalue weighted by Crippen LogP contribution is 2.34. The second-order valence-corrected chi connectivity index (χ2v) is 9.02. The summed E-state index contributed by atoms with van der Waals surface area (Å²) < 4.78 is 0. The minimum absolute atomic E-state index is 0.449. The maximum absolute atomic E-state index is 2.27. The molecule has 1 heteroatoms. The van der Waals surface area contributed by atoms with Gasteiger partial charge in [0.1, 0.15) is 0 Å². The van der Waals surface area contributed by atoms with E-state index in [1.165, 1.54) is 28.7 Å². The molecule has 1 nitrogen and oxygen atoms in total. The molecule has 0 radical (unpaired) electrons. The summed E-state index contributed by atoms with van der Waals surface area (Å²) in [6, 6.07) is 43.8. The lowest BCUT2D eigenvalue weighted by molar-refractivity contribution is 0.505. The molecule has 4 aromatic carbocycles. The van der Waals surface area contributed by atoms with Crippen molar-refractivity contribution in [3.05, 3.63) is 144 Å². The van der Waals surface area contributed by atoms with Crippen LogP contribution in [0.1, 0.15) is 53.4 Å². The van der Waals surface area contributed by atoms with Crippen LogP contribution in [0.2, 0.25) is 0 Å². The molecule has 0 saturated carbocycles. The van der Waals surface area contributed by atoms with Crippen LogP contribution in [0.4, 0.5) is 0 Å². The van der Waals surface area contributed by atoms with Gasteiger partial charge >= 0.3 is 0 Å². The predicted molar refractivity (Wildman–Crippen MR) is 143 cm³/mol. The van der Waals surface area contributed by atoms with E-state index >= 15 is 0 Å². The molecule has 0 aromatic heterocycles. The van der Waals surface area contributed by atoms with Crippen molar-refractivity contribution in [2.75, 3.05) is 21.1 Å². The van der Waals surface area contributed by atoms with Gasteiger partial charge in [0, 0.05) is 11.8 Å². The first-order valence-electron chi connectivity index (χ1n) is 12.0. The van der Waals surface area contributed by atoms with E-state index in [4.69, 9.17) is 0 Å². The van der Waals surface area contributed by atoms with Gasteiger partial charge in [-0.2, -0.15) is 0 Å². The highest BCUT2D eigenvalue weighted by molar-refractivity contribution is 5.34. The second-order valence-electron chi connectivity index (χ2n) is 9.02. The smallest absolute Gasteiger partial charge is 0.00893 e. The second kappa shape index (κ2) is 13.4. The van der Waals surface area contributed by atoms with Crippen LogP contribution in [0.25, 0.3) is 0 Å². The molecular weight excluding hydrogens is 398 g/mol. The summed E-state index contributed by atoms with van der Waals surface area (Å²) in [5, 5.41) is 0. The molecule has 33 heavy (non-hydrogen) atoms. The van der Waals surface area contributed by atoms with E-state index in [2.05, 4.69) is 121 Å². The molecule has 0 aliphatic heterocycles. The maximum Gasteiger partial charge on any atom is 0.00893 e. The van der Waals surface area contributed by atoms with Crippen molar-refractivity contribution in [2.24, 2.45) is 0 Å². The summed E-state index contributed by atoms with van der Waals surface area (Å²) in [5.41, 5.74) is 5.65. The van der Waals surface area contributed by atoms with Gasteiger partial charge in [0.2, 0.25) is 0 Å². The Labute approximate surface area is 200 Å². The molecule has 170 valence electrons. The Morgan fingerprint density at radius 2 is 0.636 bits per heavy atom. The largest absolute Gasteiger partial charge is 0.312 e. The fraction of sp³-hybridized carbons (Fsp3) is 0.250. The van der Waals surface area contributed by atoms with Crippen molar-refractivity contribution >= 4 is 0 Å². The minimum Gasteiger partial charge on any atom is -0.312 e. The maximum atomic E-state index is 2.27. The monoisotopic (exact) mass is 435 g/mol. The first-order chi connectivity index (χ1) is 16.1. The molecule has 0 N–H and O–H groups in total. The van der Waals surface area contributed by atoms with Gasteiger partial charge in [-0.05, 0) is 56.2 Å². The van der Waals surface area contributed by atoms with Crippen LogP contribution in [0.15, 0.2) is 121 Å². The van der Waals surface area contributed by atoms with Crippen molar-refractivity contribution in [1.82, 2.24) is 4.90 Å². The third kappa shape index (κ3) is 8.04. The summed E-state index contributed by atoms with van der Waals surface area (Å²) in [5.74, 6) is 0.897. The Hall–Kier alpha value is -3.16. The van der Waals surface area contributed by atoms with Crippen molar-refractivity contribution in [3.8, 4) is 0 Å². The van der Waals surface area contributed by atoms with Gasteiger partial charge in [-0.1, -0.05) is 128 Å². The molecule has 0 unspecified atom stereocenters. The summed E-state index contributed by atoms with van der Waals surface area (Å²) in [7, 11) is 6.00. The van der Waals surface area contributed by atoms with E-state index in [0.717, 1.165) is 12.8 Å². The van der Waals surface area contributed by atoms with Gasteiger partial charge in [-0.3, -0.25) is 0 Å². The highest BCUT2D eigenvalue weighted by atomic mass is 15.0. The van der Waals surface area contributed by atoms with Crippen LogP contribution in [-0.4, -0.2) is 26.0 Å². The van der Waals surface area contributed by atoms with Crippen molar-refractivity contribution in [3.63, 3.8) is 0 Å².